The van der Waals surface area contributed by atoms with Crippen LogP contribution >= 0.6 is 0 Å². The maximum atomic E-state index is 11.9. The number of hydrogen-bond acceptors (Lipinski definition) is 3. The van der Waals surface area contributed by atoms with Crippen molar-refractivity contribution in [1.29, 1.82) is 0 Å². The predicted molar refractivity (Wildman–Crippen MR) is 59.9 cm³/mol. The van der Waals surface area contributed by atoms with E-state index in [-0.39, 0.29) is 12.5 Å². The van der Waals surface area contributed by atoms with Crippen LogP contribution in [-0.2, 0) is 10.0 Å². The molecule has 1 atom stereocenters. The van der Waals surface area contributed by atoms with Gasteiger partial charge in [-0.1, -0.05) is 6.92 Å². The van der Waals surface area contributed by atoms with Crippen molar-refractivity contribution >= 4 is 10.0 Å². The Morgan fingerprint density at radius 1 is 1.35 bits per heavy atom. The Morgan fingerprint density at radius 3 is 2.29 bits per heavy atom. The summed E-state index contributed by atoms with van der Waals surface area (Å²) >= 11 is 0. The molecule has 0 saturated carbocycles. The SMILES string of the molecule is CC(CN)CN(C)S(=O)(=O)CCCC(F)(F)F. The van der Waals surface area contributed by atoms with Crippen LogP contribution in [0.5, 0.6) is 0 Å². The lowest BCUT2D eigenvalue weighted by molar-refractivity contribution is -0.134. The molecule has 17 heavy (non-hydrogen) atoms. The first kappa shape index (κ1) is 16.7. The quantitative estimate of drug-likeness (QED) is 0.759. The van der Waals surface area contributed by atoms with E-state index in [2.05, 4.69) is 0 Å². The summed E-state index contributed by atoms with van der Waals surface area (Å²) in [6.45, 7) is 2.34. The first-order chi connectivity index (χ1) is 7.58. The van der Waals surface area contributed by atoms with Gasteiger partial charge in [-0.15, -0.1) is 0 Å². The molecule has 0 rings (SSSR count). The minimum Gasteiger partial charge on any atom is -0.330 e. The highest BCUT2D eigenvalue weighted by atomic mass is 32.2. The van der Waals surface area contributed by atoms with E-state index in [9.17, 15) is 21.6 Å². The Bertz CT molecular complexity index is 317. The maximum absolute atomic E-state index is 11.9. The first-order valence-electron chi connectivity index (χ1n) is 5.29. The average Bonchev–Trinajstić information content (AvgIpc) is 2.14. The highest BCUT2D eigenvalue weighted by Gasteiger charge is 2.28. The standard InChI is InChI=1S/C9H19F3N2O2S/c1-8(6-13)7-14(2)17(15,16)5-3-4-9(10,11)12/h8H,3-7,13H2,1-2H3. The van der Waals surface area contributed by atoms with Gasteiger partial charge >= 0.3 is 6.18 Å². The molecule has 0 amide bonds. The van der Waals surface area contributed by atoms with Crippen LogP contribution in [-0.4, -0.2) is 44.8 Å². The minimum absolute atomic E-state index is 0.0163. The zero-order chi connectivity index (χ0) is 13.7. The molecule has 2 N–H and O–H groups in total. The van der Waals surface area contributed by atoms with Crippen molar-refractivity contribution in [2.24, 2.45) is 11.7 Å². The van der Waals surface area contributed by atoms with Gasteiger partial charge in [-0.3, -0.25) is 0 Å². The predicted octanol–water partition coefficient (Wildman–Crippen LogP) is 1.19. The summed E-state index contributed by atoms with van der Waals surface area (Å²) in [5.74, 6) is -0.502. The Balaban J connectivity index is 4.19. The van der Waals surface area contributed by atoms with Crippen molar-refractivity contribution in [2.75, 3.05) is 25.9 Å². The molecule has 0 aliphatic rings. The molecule has 0 aliphatic heterocycles. The van der Waals surface area contributed by atoms with E-state index in [0.717, 1.165) is 4.31 Å². The summed E-state index contributed by atoms with van der Waals surface area (Å²) in [5.41, 5.74) is 5.35. The molecular formula is C9H19F3N2O2S. The fraction of sp³-hybridized carbons (Fsp3) is 1.00. The van der Waals surface area contributed by atoms with Crippen LogP contribution in [0.15, 0.2) is 0 Å². The third-order valence-corrected chi connectivity index (χ3v) is 4.21. The minimum atomic E-state index is -4.31. The van der Waals surface area contributed by atoms with Crippen molar-refractivity contribution < 1.29 is 21.6 Å². The van der Waals surface area contributed by atoms with E-state index in [1.165, 1.54) is 7.05 Å². The van der Waals surface area contributed by atoms with Gasteiger partial charge in [0.15, 0.2) is 0 Å². The van der Waals surface area contributed by atoms with Crippen LogP contribution in [0.2, 0.25) is 0 Å². The second-order valence-electron chi connectivity index (χ2n) is 4.16. The van der Waals surface area contributed by atoms with E-state index in [4.69, 9.17) is 5.73 Å². The molecule has 0 aromatic rings. The number of hydrogen-bond donors (Lipinski definition) is 1. The molecule has 0 aromatic carbocycles. The van der Waals surface area contributed by atoms with E-state index in [1.807, 2.05) is 0 Å². The number of sulfonamides is 1. The van der Waals surface area contributed by atoms with Crippen LogP contribution < -0.4 is 5.73 Å². The van der Waals surface area contributed by atoms with Crippen LogP contribution in [0.1, 0.15) is 19.8 Å². The lowest BCUT2D eigenvalue weighted by atomic mass is 10.2. The van der Waals surface area contributed by atoms with Gasteiger partial charge in [0.2, 0.25) is 10.0 Å². The summed E-state index contributed by atoms with van der Waals surface area (Å²) in [4.78, 5) is 0. The highest BCUT2D eigenvalue weighted by Crippen LogP contribution is 2.22. The molecule has 8 heteroatoms. The van der Waals surface area contributed by atoms with Crippen molar-refractivity contribution in [2.45, 2.75) is 25.9 Å². The van der Waals surface area contributed by atoms with Gasteiger partial charge in [0.1, 0.15) is 0 Å². The largest absolute Gasteiger partial charge is 0.389 e. The molecule has 104 valence electrons. The van der Waals surface area contributed by atoms with Gasteiger partial charge in [0.25, 0.3) is 0 Å². The number of nitrogens with zero attached hydrogens (tertiary/aromatic N) is 1. The van der Waals surface area contributed by atoms with Crippen molar-refractivity contribution in [3.8, 4) is 0 Å². The maximum Gasteiger partial charge on any atom is 0.389 e. The molecule has 0 saturated heterocycles. The Kier molecular flexibility index (Phi) is 6.42. The van der Waals surface area contributed by atoms with Crippen LogP contribution in [0, 0.1) is 5.92 Å². The molecule has 0 aliphatic carbocycles. The second kappa shape index (κ2) is 6.55. The fourth-order valence-electron chi connectivity index (χ4n) is 1.24. The summed E-state index contributed by atoms with van der Waals surface area (Å²) in [6.07, 6.45) is -5.79. The molecule has 0 fully saturated rings. The molecule has 1 unspecified atom stereocenters. The summed E-state index contributed by atoms with van der Waals surface area (Å²) in [7, 11) is -2.25. The number of halogens is 3. The topological polar surface area (TPSA) is 63.4 Å². The molecule has 0 bridgehead atoms. The molecule has 0 aromatic heterocycles. The van der Waals surface area contributed by atoms with Gasteiger partial charge < -0.3 is 5.73 Å². The van der Waals surface area contributed by atoms with Crippen LogP contribution in [0.4, 0.5) is 13.2 Å². The van der Waals surface area contributed by atoms with Gasteiger partial charge in [-0.2, -0.15) is 13.2 Å². The Labute approximate surface area is 100 Å². The van der Waals surface area contributed by atoms with E-state index >= 15 is 0 Å². The number of rotatable bonds is 7. The van der Waals surface area contributed by atoms with Gasteiger partial charge in [-0.25, -0.2) is 12.7 Å². The third kappa shape index (κ3) is 7.56. The van der Waals surface area contributed by atoms with E-state index < -0.39 is 34.8 Å². The molecule has 0 radical (unpaired) electrons. The van der Waals surface area contributed by atoms with Gasteiger partial charge in [-0.05, 0) is 18.9 Å². The van der Waals surface area contributed by atoms with Crippen molar-refractivity contribution in [3.63, 3.8) is 0 Å². The van der Waals surface area contributed by atoms with Crippen molar-refractivity contribution in [3.05, 3.63) is 0 Å². The Morgan fingerprint density at radius 2 is 1.88 bits per heavy atom. The average molecular weight is 276 g/mol. The van der Waals surface area contributed by atoms with E-state index in [0.29, 0.717) is 6.54 Å². The zero-order valence-electron chi connectivity index (χ0n) is 10.00. The molecular weight excluding hydrogens is 257 g/mol. The summed E-state index contributed by atoms with van der Waals surface area (Å²) in [5, 5.41) is 0. The zero-order valence-corrected chi connectivity index (χ0v) is 10.8. The summed E-state index contributed by atoms with van der Waals surface area (Å²) < 4.78 is 59.9. The highest BCUT2D eigenvalue weighted by molar-refractivity contribution is 7.89. The van der Waals surface area contributed by atoms with Gasteiger partial charge in [0, 0.05) is 20.0 Å². The smallest absolute Gasteiger partial charge is 0.330 e. The monoisotopic (exact) mass is 276 g/mol. The molecule has 0 heterocycles. The fourth-order valence-corrected chi connectivity index (χ4v) is 2.54. The van der Waals surface area contributed by atoms with Crippen molar-refractivity contribution in [1.82, 2.24) is 4.31 Å². The van der Waals surface area contributed by atoms with E-state index in [1.54, 1.807) is 6.92 Å². The third-order valence-electron chi connectivity index (χ3n) is 2.31. The molecule has 4 nitrogen and oxygen atoms in total. The normalized spacial score (nSPS) is 15.2. The van der Waals surface area contributed by atoms with Crippen LogP contribution in [0.25, 0.3) is 0 Å². The lowest BCUT2D eigenvalue weighted by Gasteiger charge is -2.20. The van der Waals surface area contributed by atoms with Gasteiger partial charge in [0.05, 0.1) is 5.75 Å². The molecule has 0 spiro atoms. The number of alkyl halides is 3. The van der Waals surface area contributed by atoms with Crippen LogP contribution in [0.3, 0.4) is 0 Å². The lowest BCUT2D eigenvalue weighted by Crippen LogP contribution is -2.35. The first-order valence-corrected chi connectivity index (χ1v) is 6.90. The second-order valence-corrected chi connectivity index (χ2v) is 6.35. The number of nitrogens with two attached hydrogens (primary N) is 1. The Hall–Kier alpha value is -0.340. The summed E-state index contributed by atoms with van der Waals surface area (Å²) in [6, 6.07) is 0.